The Labute approximate surface area is 135 Å². The predicted molar refractivity (Wildman–Crippen MR) is 91.6 cm³/mol. The monoisotopic (exact) mass is 336 g/mol. The average molecular weight is 337 g/mol. The molecule has 108 valence electrons. The number of nitrogens with one attached hydrogen (secondary N) is 1. The zero-order valence-electron chi connectivity index (χ0n) is 11.1. The second-order valence-corrected chi connectivity index (χ2v) is 7.40. The third kappa shape index (κ3) is 3.05. The van der Waals surface area contributed by atoms with Crippen molar-refractivity contribution < 1.29 is 4.79 Å². The standard InChI is InChI=1S/C15H13ClN2OS2/c16-12-6-5-9(20-12)7-8-18-15(19)14-13(17)10-3-1-2-4-11(10)21-14/h1-6H,7-8,17H2,(H,18,19). The SMILES string of the molecule is Nc1c(C(=O)NCCc2ccc(Cl)s2)sc2ccccc12. The molecule has 6 heteroatoms. The normalized spacial score (nSPS) is 10.9. The Morgan fingerprint density at radius 3 is 2.71 bits per heavy atom. The number of benzene rings is 1. The molecule has 0 saturated heterocycles. The molecule has 1 aromatic carbocycles. The van der Waals surface area contributed by atoms with Gasteiger partial charge in [0.05, 0.1) is 10.0 Å². The molecule has 0 aliphatic rings. The number of carbonyl (C=O) groups is 1. The highest BCUT2D eigenvalue weighted by Gasteiger charge is 2.15. The zero-order valence-corrected chi connectivity index (χ0v) is 13.4. The maximum atomic E-state index is 12.2. The molecule has 3 rings (SSSR count). The summed E-state index contributed by atoms with van der Waals surface area (Å²) < 4.78 is 1.80. The van der Waals surface area contributed by atoms with Crippen LogP contribution in [0.4, 0.5) is 5.69 Å². The van der Waals surface area contributed by atoms with Crippen LogP contribution >= 0.6 is 34.3 Å². The fourth-order valence-electron chi connectivity index (χ4n) is 2.10. The van der Waals surface area contributed by atoms with Gasteiger partial charge in [0.2, 0.25) is 0 Å². The van der Waals surface area contributed by atoms with Gasteiger partial charge in [-0.15, -0.1) is 22.7 Å². The number of fused-ring (bicyclic) bond motifs is 1. The van der Waals surface area contributed by atoms with Crippen LogP contribution in [0, 0.1) is 0 Å². The first kappa shape index (κ1) is 14.4. The summed E-state index contributed by atoms with van der Waals surface area (Å²) >= 11 is 8.84. The van der Waals surface area contributed by atoms with E-state index in [2.05, 4.69) is 5.32 Å². The first-order chi connectivity index (χ1) is 10.1. The highest BCUT2D eigenvalue weighted by atomic mass is 35.5. The van der Waals surface area contributed by atoms with Crippen molar-refractivity contribution in [3.8, 4) is 0 Å². The van der Waals surface area contributed by atoms with Gasteiger partial charge in [0.15, 0.2) is 0 Å². The Hall–Kier alpha value is -1.56. The van der Waals surface area contributed by atoms with E-state index in [0.29, 0.717) is 17.1 Å². The number of halogens is 1. The van der Waals surface area contributed by atoms with E-state index in [-0.39, 0.29) is 5.91 Å². The molecule has 2 aromatic heterocycles. The Balaban J connectivity index is 1.68. The largest absolute Gasteiger partial charge is 0.397 e. The zero-order chi connectivity index (χ0) is 14.8. The summed E-state index contributed by atoms with van der Waals surface area (Å²) in [7, 11) is 0. The van der Waals surface area contributed by atoms with Gasteiger partial charge in [-0.25, -0.2) is 0 Å². The Kier molecular flexibility index (Phi) is 4.14. The van der Waals surface area contributed by atoms with Gasteiger partial charge in [0.25, 0.3) is 5.91 Å². The minimum Gasteiger partial charge on any atom is -0.397 e. The first-order valence-corrected chi connectivity index (χ1v) is 8.45. The van der Waals surface area contributed by atoms with Crippen LogP contribution in [-0.2, 0) is 6.42 Å². The Morgan fingerprint density at radius 1 is 1.19 bits per heavy atom. The number of hydrogen-bond donors (Lipinski definition) is 2. The highest BCUT2D eigenvalue weighted by molar-refractivity contribution is 7.21. The number of hydrogen-bond acceptors (Lipinski definition) is 4. The summed E-state index contributed by atoms with van der Waals surface area (Å²) in [5.41, 5.74) is 6.62. The summed E-state index contributed by atoms with van der Waals surface area (Å²) in [6.07, 6.45) is 0.772. The van der Waals surface area contributed by atoms with Crippen LogP contribution in [-0.4, -0.2) is 12.5 Å². The van der Waals surface area contributed by atoms with Crippen molar-refractivity contribution in [2.75, 3.05) is 12.3 Å². The molecule has 3 nitrogen and oxygen atoms in total. The van der Waals surface area contributed by atoms with Crippen molar-refractivity contribution in [1.82, 2.24) is 5.32 Å². The summed E-state index contributed by atoms with van der Waals surface area (Å²) in [6.45, 7) is 0.573. The van der Waals surface area contributed by atoms with E-state index < -0.39 is 0 Å². The summed E-state index contributed by atoms with van der Waals surface area (Å²) in [6, 6.07) is 11.6. The molecule has 21 heavy (non-hydrogen) atoms. The van der Waals surface area contributed by atoms with E-state index in [1.807, 2.05) is 36.4 Å². The molecule has 2 heterocycles. The molecular weight excluding hydrogens is 324 g/mol. The predicted octanol–water partition coefficient (Wildman–Crippen LogP) is 4.17. The minimum absolute atomic E-state index is 0.114. The molecule has 0 radical (unpaired) electrons. The fraction of sp³-hybridized carbons (Fsp3) is 0.133. The van der Waals surface area contributed by atoms with Crippen molar-refractivity contribution in [1.29, 1.82) is 0 Å². The van der Waals surface area contributed by atoms with Crippen molar-refractivity contribution in [3.05, 3.63) is 50.5 Å². The quantitative estimate of drug-likeness (QED) is 0.751. The molecule has 0 unspecified atom stereocenters. The second kappa shape index (κ2) is 6.05. The smallest absolute Gasteiger partial charge is 0.263 e. The molecule has 3 aromatic rings. The molecule has 0 saturated carbocycles. The Morgan fingerprint density at radius 2 is 2.00 bits per heavy atom. The van der Waals surface area contributed by atoms with Crippen molar-refractivity contribution >= 4 is 56.0 Å². The van der Waals surface area contributed by atoms with Gasteiger partial charge >= 0.3 is 0 Å². The van der Waals surface area contributed by atoms with Crippen LogP contribution in [0.5, 0.6) is 0 Å². The van der Waals surface area contributed by atoms with E-state index in [1.54, 1.807) is 0 Å². The number of amides is 1. The Bertz CT molecular complexity index is 794. The van der Waals surface area contributed by atoms with E-state index in [0.717, 1.165) is 25.7 Å². The number of nitrogens with two attached hydrogens (primary N) is 1. The molecular formula is C15H13ClN2OS2. The lowest BCUT2D eigenvalue weighted by Crippen LogP contribution is -2.25. The highest BCUT2D eigenvalue weighted by Crippen LogP contribution is 2.33. The van der Waals surface area contributed by atoms with Gasteiger partial charge in [-0.3, -0.25) is 4.79 Å². The average Bonchev–Trinajstić information content (AvgIpc) is 3.03. The van der Waals surface area contributed by atoms with Crippen LogP contribution in [0.3, 0.4) is 0 Å². The molecule has 0 aliphatic carbocycles. The molecule has 3 N–H and O–H groups in total. The molecule has 0 bridgehead atoms. The molecule has 0 atom stereocenters. The van der Waals surface area contributed by atoms with E-state index in [1.165, 1.54) is 22.7 Å². The second-order valence-electron chi connectivity index (χ2n) is 4.55. The van der Waals surface area contributed by atoms with Crippen LogP contribution in [0.2, 0.25) is 4.34 Å². The minimum atomic E-state index is -0.114. The van der Waals surface area contributed by atoms with Crippen LogP contribution in [0.15, 0.2) is 36.4 Å². The van der Waals surface area contributed by atoms with Gasteiger partial charge in [-0.05, 0) is 24.6 Å². The number of rotatable bonds is 4. The summed E-state index contributed by atoms with van der Waals surface area (Å²) in [5, 5.41) is 3.86. The van der Waals surface area contributed by atoms with Gasteiger partial charge in [-0.2, -0.15) is 0 Å². The number of thiophene rings is 2. The van der Waals surface area contributed by atoms with Gasteiger partial charge < -0.3 is 11.1 Å². The molecule has 0 spiro atoms. The van der Waals surface area contributed by atoms with E-state index in [9.17, 15) is 4.79 Å². The topological polar surface area (TPSA) is 55.1 Å². The molecule has 0 aliphatic heterocycles. The maximum Gasteiger partial charge on any atom is 0.263 e. The van der Waals surface area contributed by atoms with Crippen LogP contribution in [0.25, 0.3) is 10.1 Å². The molecule has 0 fully saturated rings. The lowest BCUT2D eigenvalue weighted by molar-refractivity contribution is 0.0959. The van der Waals surface area contributed by atoms with Crippen LogP contribution in [0.1, 0.15) is 14.5 Å². The van der Waals surface area contributed by atoms with Crippen molar-refractivity contribution in [2.45, 2.75) is 6.42 Å². The summed E-state index contributed by atoms with van der Waals surface area (Å²) in [5.74, 6) is -0.114. The fourth-order valence-corrected chi connectivity index (χ4v) is 4.23. The van der Waals surface area contributed by atoms with Crippen LogP contribution < -0.4 is 11.1 Å². The van der Waals surface area contributed by atoms with E-state index in [4.69, 9.17) is 17.3 Å². The lowest BCUT2D eigenvalue weighted by atomic mass is 10.2. The third-order valence-corrected chi connectivity index (χ3v) is 5.60. The van der Waals surface area contributed by atoms with Gasteiger partial charge in [0.1, 0.15) is 4.88 Å². The van der Waals surface area contributed by atoms with E-state index >= 15 is 0 Å². The lowest BCUT2D eigenvalue weighted by Gasteiger charge is -2.03. The first-order valence-electron chi connectivity index (χ1n) is 6.44. The number of nitrogen functional groups attached to an aromatic ring is 1. The van der Waals surface area contributed by atoms with Gasteiger partial charge in [-0.1, -0.05) is 29.8 Å². The number of carbonyl (C=O) groups excluding carboxylic acids is 1. The number of anilines is 1. The van der Waals surface area contributed by atoms with Gasteiger partial charge in [0, 0.05) is 21.5 Å². The van der Waals surface area contributed by atoms with Crippen molar-refractivity contribution in [2.24, 2.45) is 0 Å². The third-order valence-electron chi connectivity index (χ3n) is 3.13. The summed E-state index contributed by atoms with van der Waals surface area (Å²) in [4.78, 5) is 14.0. The maximum absolute atomic E-state index is 12.2. The van der Waals surface area contributed by atoms with Crippen molar-refractivity contribution in [3.63, 3.8) is 0 Å². The molecule has 1 amide bonds.